The molecule has 0 aromatic rings. The lowest BCUT2D eigenvalue weighted by molar-refractivity contribution is 0.529. The van der Waals surface area contributed by atoms with Gasteiger partial charge in [0.25, 0.3) is 0 Å². The molecule has 0 aromatic heterocycles. The van der Waals surface area contributed by atoms with Crippen LogP contribution in [-0.2, 0) is 0 Å². The average Bonchev–Trinajstić information content (AvgIpc) is 1.85. The molecule has 0 fully saturated rings. The Kier molecular flexibility index (Phi) is 6.20. The highest BCUT2D eigenvalue weighted by atomic mass is 35.5. The lowest BCUT2D eigenvalue weighted by Gasteiger charge is -2.08. The summed E-state index contributed by atoms with van der Waals surface area (Å²) in [5, 5.41) is 0.424. The van der Waals surface area contributed by atoms with Gasteiger partial charge in [-0.1, -0.05) is 27.2 Å². The lowest BCUT2D eigenvalue weighted by atomic mass is 10.0. The standard InChI is InChI=1S/C9H19Cl/c1-4-5-9(10)7-6-8(2)3/h8-9H,4-7H2,1-3H3. The number of rotatable bonds is 5. The van der Waals surface area contributed by atoms with E-state index in [1.807, 2.05) is 0 Å². The van der Waals surface area contributed by atoms with E-state index < -0.39 is 0 Å². The smallest absolute Gasteiger partial charge is 0.0336 e. The van der Waals surface area contributed by atoms with Crippen molar-refractivity contribution in [2.24, 2.45) is 5.92 Å². The Morgan fingerprint density at radius 2 is 1.70 bits per heavy atom. The molecule has 0 aliphatic heterocycles. The van der Waals surface area contributed by atoms with Crippen LogP contribution in [0.15, 0.2) is 0 Å². The Balaban J connectivity index is 3.12. The monoisotopic (exact) mass is 162 g/mol. The van der Waals surface area contributed by atoms with Gasteiger partial charge in [0.1, 0.15) is 0 Å². The van der Waals surface area contributed by atoms with Crippen molar-refractivity contribution in [1.82, 2.24) is 0 Å². The maximum Gasteiger partial charge on any atom is 0.0336 e. The van der Waals surface area contributed by atoms with E-state index in [2.05, 4.69) is 20.8 Å². The molecule has 0 aromatic carbocycles. The predicted molar refractivity (Wildman–Crippen MR) is 48.6 cm³/mol. The van der Waals surface area contributed by atoms with Crippen molar-refractivity contribution >= 4 is 11.6 Å². The van der Waals surface area contributed by atoms with E-state index >= 15 is 0 Å². The normalized spacial score (nSPS) is 14.1. The van der Waals surface area contributed by atoms with Gasteiger partial charge >= 0.3 is 0 Å². The summed E-state index contributed by atoms with van der Waals surface area (Å²) < 4.78 is 0. The first-order valence-corrected chi connectivity index (χ1v) is 4.74. The first-order chi connectivity index (χ1) is 4.66. The van der Waals surface area contributed by atoms with Crippen LogP contribution < -0.4 is 0 Å². The van der Waals surface area contributed by atoms with Gasteiger partial charge in [0.05, 0.1) is 0 Å². The Bertz CT molecular complexity index is 69.1. The Labute approximate surface area is 70.0 Å². The predicted octanol–water partition coefficient (Wildman–Crippen LogP) is 3.83. The molecule has 0 rings (SSSR count). The van der Waals surface area contributed by atoms with Crippen LogP contribution in [0.25, 0.3) is 0 Å². The lowest BCUT2D eigenvalue weighted by Crippen LogP contribution is -1.99. The summed E-state index contributed by atoms with van der Waals surface area (Å²) in [5.41, 5.74) is 0. The number of halogens is 1. The van der Waals surface area contributed by atoms with E-state index in [0.717, 1.165) is 5.92 Å². The highest BCUT2D eigenvalue weighted by Crippen LogP contribution is 2.15. The molecule has 1 heteroatoms. The van der Waals surface area contributed by atoms with Crippen LogP contribution in [0.3, 0.4) is 0 Å². The molecule has 0 radical (unpaired) electrons. The number of hydrogen-bond acceptors (Lipinski definition) is 0. The van der Waals surface area contributed by atoms with E-state index in [1.165, 1.54) is 25.7 Å². The van der Waals surface area contributed by atoms with E-state index in [4.69, 9.17) is 11.6 Å². The second-order valence-electron chi connectivity index (χ2n) is 3.36. The van der Waals surface area contributed by atoms with Gasteiger partial charge in [-0.25, -0.2) is 0 Å². The summed E-state index contributed by atoms with van der Waals surface area (Å²) in [5.74, 6) is 0.804. The second kappa shape index (κ2) is 6.03. The molecule has 1 unspecified atom stereocenters. The average molecular weight is 163 g/mol. The van der Waals surface area contributed by atoms with Crippen LogP contribution >= 0.6 is 11.6 Å². The summed E-state index contributed by atoms with van der Waals surface area (Å²) in [6.07, 6.45) is 4.85. The summed E-state index contributed by atoms with van der Waals surface area (Å²) >= 11 is 6.03. The third kappa shape index (κ3) is 6.41. The molecule has 0 amide bonds. The van der Waals surface area contributed by atoms with Crippen molar-refractivity contribution < 1.29 is 0 Å². The highest BCUT2D eigenvalue weighted by Gasteiger charge is 2.03. The fraction of sp³-hybridized carbons (Fsp3) is 1.00. The minimum Gasteiger partial charge on any atom is -0.123 e. The minimum absolute atomic E-state index is 0.424. The summed E-state index contributed by atoms with van der Waals surface area (Å²) in [4.78, 5) is 0. The third-order valence-corrected chi connectivity index (χ3v) is 2.10. The molecule has 0 aliphatic rings. The van der Waals surface area contributed by atoms with Gasteiger partial charge in [-0.15, -0.1) is 11.6 Å². The summed E-state index contributed by atoms with van der Waals surface area (Å²) in [6.45, 7) is 6.68. The van der Waals surface area contributed by atoms with E-state index in [1.54, 1.807) is 0 Å². The van der Waals surface area contributed by atoms with Gasteiger partial charge in [-0.3, -0.25) is 0 Å². The second-order valence-corrected chi connectivity index (χ2v) is 3.97. The Morgan fingerprint density at radius 3 is 2.10 bits per heavy atom. The van der Waals surface area contributed by atoms with Crippen LogP contribution in [0.4, 0.5) is 0 Å². The molecule has 0 nitrogen and oxygen atoms in total. The zero-order valence-corrected chi connectivity index (χ0v) is 8.12. The number of alkyl halides is 1. The topological polar surface area (TPSA) is 0 Å². The maximum absolute atomic E-state index is 6.03. The quantitative estimate of drug-likeness (QED) is 0.539. The van der Waals surface area contributed by atoms with Crippen molar-refractivity contribution in [3.05, 3.63) is 0 Å². The van der Waals surface area contributed by atoms with Gasteiger partial charge in [-0.05, 0) is 25.2 Å². The van der Waals surface area contributed by atoms with Crippen molar-refractivity contribution in [1.29, 1.82) is 0 Å². The van der Waals surface area contributed by atoms with E-state index in [-0.39, 0.29) is 0 Å². The first kappa shape index (κ1) is 10.3. The Morgan fingerprint density at radius 1 is 1.10 bits per heavy atom. The molecule has 0 spiro atoms. The van der Waals surface area contributed by atoms with Crippen molar-refractivity contribution in [3.8, 4) is 0 Å². The van der Waals surface area contributed by atoms with Gasteiger partial charge in [-0.2, -0.15) is 0 Å². The van der Waals surface area contributed by atoms with E-state index in [0.29, 0.717) is 5.38 Å². The summed E-state index contributed by atoms with van der Waals surface area (Å²) in [7, 11) is 0. The molecule has 0 N–H and O–H groups in total. The molecule has 10 heavy (non-hydrogen) atoms. The molecule has 0 heterocycles. The van der Waals surface area contributed by atoms with Crippen molar-refractivity contribution in [2.75, 3.05) is 0 Å². The van der Waals surface area contributed by atoms with E-state index in [9.17, 15) is 0 Å². The molecule has 62 valence electrons. The Hall–Kier alpha value is 0.290. The van der Waals surface area contributed by atoms with Crippen LogP contribution in [0.5, 0.6) is 0 Å². The van der Waals surface area contributed by atoms with Crippen molar-refractivity contribution in [2.45, 2.75) is 51.8 Å². The molecule has 0 aliphatic carbocycles. The highest BCUT2D eigenvalue weighted by molar-refractivity contribution is 6.20. The molecule has 0 saturated carbocycles. The molecular formula is C9H19Cl. The van der Waals surface area contributed by atoms with Gasteiger partial charge in [0.15, 0.2) is 0 Å². The van der Waals surface area contributed by atoms with Crippen LogP contribution in [0, 0.1) is 5.92 Å². The summed E-state index contributed by atoms with van der Waals surface area (Å²) in [6, 6.07) is 0. The fourth-order valence-electron chi connectivity index (χ4n) is 0.972. The molecule has 1 atom stereocenters. The first-order valence-electron chi connectivity index (χ1n) is 4.30. The SMILES string of the molecule is CCCC(Cl)CCC(C)C. The zero-order chi connectivity index (χ0) is 7.98. The fourth-order valence-corrected chi connectivity index (χ4v) is 1.32. The van der Waals surface area contributed by atoms with Gasteiger partial charge in [0, 0.05) is 5.38 Å². The van der Waals surface area contributed by atoms with Crippen molar-refractivity contribution in [3.63, 3.8) is 0 Å². The largest absolute Gasteiger partial charge is 0.123 e. The molecule has 0 bridgehead atoms. The zero-order valence-electron chi connectivity index (χ0n) is 7.36. The van der Waals surface area contributed by atoms with Gasteiger partial charge in [0.2, 0.25) is 0 Å². The van der Waals surface area contributed by atoms with Crippen LogP contribution in [-0.4, -0.2) is 5.38 Å². The van der Waals surface area contributed by atoms with Gasteiger partial charge < -0.3 is 0 Å². The molecular weight excluding hydrogens is 144 g/mol. The van der Waals surface area contributed by atoms with Crippen LogP contribution in [0.2, 0.25) is 0 Å². The minimum atomic E-state index is 0.424. The molecule has 0 saturated heterocycles. The number of hydrogen-bond donors (Lipinski definition) is 0. The maximum atomic E-state index is 6.03. The van der Waals surface area contributed by atoms with Crippen LogP contribution in [0.1, 0.15) is 46.5 Å². The third-order valence-electron chi connectivity index (χ3n) is 1.66.